The van der Waals surface area contributed by atoms with E-state index in [2.05, 4.69) is 33.2 Å². The number of hydrogen-bond donors (Lipinski definition) is 1. The number of nitrogens with one attached hydrogen (secondary N) is 1. The van der Waals surface area contributed by atoms with Crippen molar-refractivity contribution in [2.75, 3.05) is 25.5 Å². The highest BCUT2D eigenvalue weighted by molar-refractivity contribution is 5.95. The largest absolute Gasteiger partial charge is 0.357 e. The average molecular weight is 335 g/mol. The molecule has 1 N–H and O–H groups in total. The first kappa shape index (κ1) is 15.6. The second-order valence-corrected chi connectivity index (χ2v) is 6.67. The maximum absolute atomic E-state index is 12.9. The predicted octanol–water partition coefficient (Wildman–Crippen LogP) is 2.53. The Kier molecular flexibility index (Phi) is 3.67. The van der Waals surface area contributed by atoms with E-state index in [1.165, 1.54) is 10.9 Å². The number of amides is 1. The van der Waals surface area contributed by atoms with Crippen LogP contribution in [0.5, 0.6) is 0 Å². The van der Waals surface area contributed by atoms with Crippen LogP contribution in [-0.4, -0.2) is 46.4 Å². The molecule has 4 rings (SSSR count). The Morgan fingerprint density at radius 1 is 1.28 bits per heavy atom. The molecule has 0 fully saturated rings. The summed E-state index contributed by atoms with van der Waals surface area (Å²) in [7, 11) is 3.77. The first-order valence-corrected chi connectivity index (χ1v) is 8.43. The van der Waals surface area contributed by atoms with Crippen molar-refractivity contribution in [1.82, 2.24) is 19.9 Å². The van der Waals surface area contributed by atoms with Crippen LogP contribution in [0.3, 0.4) is 0 Å². The zero-order chi connectivity index (χ0) is 17.6. The molecule has 0 saturated carbocycles. The molecule has 1 aliphatic heterocycles. The number of aryl methyl sites for hydroxylation is 1. The third kappa shape index (κ3) is 2.63. The molecular weight excluding hydrogens is 314 g/mol. The van der Waals surface area contributed by atoms with Crippen molar-refractivity contribution in [2.24, 2.45) is 0 Å². The van der Waals surface area contributed by atoms with Crippen LogP contribution in [-0.2, 0) is 13.0 Å². The number of rotatable bonds is 2. The average Bonchev–Trinajstić information content (AvgIpc) is 2.98. The van der Waals surface area contributed by atoms with E-state index in [0.29, 0.717) is 30.3 Å². The van der Waals surface area contributed by atoms with Gasteiger partial charge in [0.2, 0.25) is 5.95 Å². The monoisotopic (exact) mass is 335 g/mol. The fourth-order valence-corrected chi connectivity index (χ4v) is 3.42. The van der Waals surface area contributed by atoms with Crippen LogP contribution in [0.1, 0.15) is 27.3 Å². The third-order valence-electron chi connectivity index (χ3n) is 4.77. The second-order valence-electron chi connectivity index (χ2n) is 6.67. The highest BCUT2D eigenvalue weighted by Crippen LogP contribution is 2.28. The molecule has 3 heterocycles. The Labute approximate surface area is 146 Å². The lowest BCUT2D eigenvalue weighted by atomic mass is 10.0. The highest BCUT2D eigenvalue weighted by atomic mass is 16.2. The van der Waals surface area contributed by atoms with Gasteiger partial charge in [-0.25, -0.2) is 9.97 Å². The normalized spacial score (nSPS) is 13.8. The van der Waals surface area contributed by atoms with Crippen LogP contribution in [0.4, 0.5) is 5.95 Å². The molecule has 2 aromatic heterocycles. The number of aromatic nitrogens is 3. The summed E-state index contributed by atoms with van der Waals surface area (Å²) in [6.45, 7) is 3.17. The summed E-state index contributed by atoms with van der Waals surface area (Å²) in [5, 5.41) is 1.26. The maximum Gasteiger partial charge on any atom is 0.257 e. The van der Waals surface area contributed by atoms with Crippen LogP contribution in [0.25, 0.3) is 10.9 Å². The summed E-state index contributed by atoms with van der Waals surface area (Å²) in [4.78, 5) is 28.8. The lowest BCUT2D eigenvalue weighted by molar-refractivity contribution is 0.0731. The standard InChI is InChI=1S/C19H21N5O/c1-12-15(10-20-19(21-12)23(2)3)18(25)24-9-8-14-13-6-4-5-7-16(13)22-17(14)11-24/h4-7,10,22H,8-9,11H2,1-3H3. The number of fused-ring (bicyclic) bond motifs is 3. The number of anilines is 1. The fourth-order valence-electron chi connectivity index (χ4n) is 3.42. The van der Waals surface area contributed by atoms with Gasteiger partial charge in [-0.15, -0.1) is 0 Å². The molecular formula is C19H21N5O. The Hall–Kier alpha value is -2.89. The number of hydrogen-bond acceptors (Lipinski definition) is 4. The van der Waals surface area contributed by atoms with Gasteiger partial charge in [0.15, 0.2) is 0 Å². The van der Waals surface area contributed by atoms with Gasteiger partial charge < -0.3 is 14.8 Å². The van der Waals surface area contributed by atoms with Crippen LogP contribution in [0.15, 0.2) is 30.5 Å². The van der Waals surface area contributed by atoms with E-state index in [9.17, 15) is 4.79 Å². The summed E-state index contributed by atoms with van der Waals surface area (Å²) in [6.07, 6.45) is 2.50. The van der Waals surface area contributed by atoms with Gasteiger partial charge in [-0.1, -0.05) is 18.2 Å². The van der Waals surface area contributed by atoms with E-state index in [0.717, 1.165) is 17.6 Å². The zero-order valence-electron chi connectivity index (χ0n) is 14.7. The number of carbonyl (C=O) groups excluding carboxylic acids is 1. The number of carbonyl (C=O) groups is 1. The van der Waals surface area contributed by atoms with Crippen molar-refractivity contribution in [3.63, 3.8) is 0 Å². The Balaban J connectivity index is 1.62. The lowest BCUT2D eigenvalue weighted by Gasteiger charge is -2.27. The van der Waals surface area contributed by atoms with Crippen molar-refractivity contribution in [3.05, 3.63) is 53.0 Å². The van der Waals surface area contributed by atoms with Gasteiger partial charge in [-0.05, 0) is 25.0 Å². The number of para-hydroxylation sites is 1. The molecule has 3 aromatic rings. The molecule has 0 atom stereocenters. The molecule has 0 spiro atoms. The van der Waals surface area contributed by atoms with Gasteiger partial charge in [0.25, 0.3) is 5.91 Å². The zero-order valence-corrected chi connectivity index (χ0v) is 14.7. The minimum absolute atomic E-state index is 0.00730. The smallest absolute Gasteiger partial charge is 0.257 e. The molecule has 0 saturated heterocycles. The van der Waals surface area contributed by atoms with Crippen molar-refractivity contribution in [2.45, 2.75) is 19.9 Å². The fraction of sp³-hybridized carbons (Fsp3) is 0.316. The van der Waals surface area contributed by atoms with E-state index in [-0.39, 0.29) is 5.91 Å². The first-order valence-electron chi connectivity index (χ1n) is 8.43. The van der Waals surface area contributed by atoms with Crippen LogP contribution < -0.4 is 4.90 Å². The molecule has 1 aliphatic rings. The number of aromatic amines is 1. The number of benzene rings is 1. The molecule has 128 valence electrons. The number of nitrogens with zero attached hydrogens (tertiary/aromatic N) is 4. The van der Waals surface area contributed by atoms with Crippen molar-refractivity contribution < 1.29 is 4.79 Å². The number of H-pyrrole nitrogens is 1. The Bertz CT molecular complexity index is 960. The van der Waals surface area contributed by atoms with Gasteiger partial charge in [0, 0.05) is 43.4 Å². The minimum atomic E-state index is -0.00730. The molecule has 0 bridgehead atoms. The van der Waals surface area contributed by atoms with E-state index >= 15 is 0 Å². The van der Waals surface area contributed by atoms with E-state index in [4.69, 9.17) is 0 Å². The molecule has 6 nitrogen and oxygen atoms in total. The molecule has 25 heavy (non-hydrogen) atoms. The van der Waals surface area contributed by atoms with Crippen LogP contribution >= 0.6 is 0 Å². The van der Waals surface area contributed by atoms with Crippen molar-refractivity contribution in [1.29, 1.82) is 0 Å². The maximum atomic E-state index is 12.9. The molecule has 0 unspecified atom stereocenters. The Morgan fingerprint density at radius 3 is 2.84 bits per heavy atom. The first-order chi connectivity index (χ1) is 12.0. The summed E-state index contributed by atoms with van der Waals surface area (Å²) >= 11 is 0. The molecule has 1 aromatic carbocycles. The summed E-state index contributed by atoms with van der Waals surface area (Å²) in [5.41, 5.74) is 4.88. The van der Waals surface area contributed by atoms with Crippen LogP contribution in [0, 0.1) is 6.92 Å². The second kappa shape index (κ2) is 5.88. The molecule has 0 radical (unpaired) electrons. The topological polar surface area (TPSA) is 65.1 Å². The molecule has 0 aliphatic carbocycles. The highest BCUT2D eigenvalue weighted by Gasteiger charge is 2.26. The van der Waals surface area contributed by atoms with E-state index in [1.807, 2.05) is 36.9 Å². The molecule has 6 heteroatoms. The van der Waals surface area contributed by atoms with Gasteiger partial charge >= 0.3 is 0 Å². The summed E-state index contributed by atoms with van der Waals surface area (Å²) in [6, 6.07) is 8.30. The van der Waals surface area contributed by atoms with E-state index < -0.39 is 0 Å². The van der Waals surface area contributed by atoms with Crippen molar-refractivity contribution >= 4 is 22.8 Å². The predicted molar refractivity (Wildman–Crippen MR) is 97.8 cm³/mol. The van der Waals surface area contributed by atoms with E-state index in [1.54, 1.807) is 6.20 Å². The summed E-state index contributed by atoms with van der Waals surface area (Å²) < 4.78 is 0. The van der Waals surface area contributed by atoms with Gasteiger partial charge in [-0.3, -0.25) is 4.79 Å². The van der Waals surface area contributed by atoms with Crippen molar-refractivity contribution in [3.8, 4) is 0 Å². The third-order valence-corrected chi connectivity index (χ3v) is 4.77. The SMILES string of the molecule is Cc1nc(N(C)C)ncc1C(=O)N1CCc2c([nH]c3ccccc23)C1. The van der Waals surface area contributed by atoms with Gasteiger partial charge in [0.1, 0.15) is 0 Å². The lowest BCUT2D eigenvalue weighted by Crippen LogP contribution is -2.36. The van der Waals surface area contributed by atoms with Gasteiger partial charge in [0.05, 0.1) is 17.8 Å². The quantitative estimate of drug-likeness (QED) is 0.781. The van der Waals surface area contributed by atoms with Gasteiger partial charge in [-0.2, -0.15) is 0 Å². The summed E-state index contributed by atoms with van der Waals surface area (Å²) in [5.74, 6) is 0.609. The van der Waals surface area contributed by atoms with Crippen LogP contribution in [0.2, 0.25) is 0 Å². The Morgan fingerprint density at radius 2 is 2.08 bits per heavy atom. The molecule has 1 amide bonds. The minimum Gasteiger partial charge on any atom is -0.357 e.